The Kier molecular flexibility index (Phi) is 6.69. The highest BCUT2D eigenvalue weighted by molar-refractivity contribution is 6.07. The fraction of sp³-hybridized carbons (Fsp3) is 0.192. The van der Waals surface area contributed by atoms with Crippen LogP contribution in [-0.2, 0) is 20.9 Å². The van der Waals surface area contributed by atoms with E-state index in [1.54, 1.807) is 32.0 Å². The zero-order chi connectivity index (χ0) is 23.2. The first-order chi connectivity index (χ1) is 16.0. The van der Waals surface area contributed by atoms with E-state index in [1.807, 2.05) is 54.6 Å². The monoisotopic (exact) mass is 443 g/mol. The van der Waals surface area contributed by atoms with E-state index >= 15 is 0 Å². The number of amides is 1. The largest absolute Gasteiger partial charge is 0.460 e. The molecular formula is C26H25N3O4. The van der Waals surface area contributed by atoms with E-state index in [2.05, 4.69) is 10.6 Å². The zero-order valence-corrected chi connectivity index (χ0v) is 18.5. The maximum atomic E-state index is 12.5. The summed E-state index contributed by atoms with van der Waals surface area (Å²) in [6.45, 7) is 3.66. The third-order valence-electron chi connectivity index (χ3n) is 4.91. The quantitative estimate of drug-likeness (QED) is 0.290. The molecule has 1 heterocycles. The van der Waals surface area contributed by atoms with E-state index in [-0.39, 0.29) is 19.3 Å². The fourth-order valence-corrected chi connectivity index (χ4v) is 3.51. The van der Waals surface area contributed by atoms with Gasteiger partial charge in [-0.25, -0.2) is 9.78 Å². The lowest BCUT2D eigenvalue weighted by Gasteiger charge is -2.13. The van der Waals surface area contributed by atoms with Gasteiger partial charge in [0.05, 0.1) is 22.8 Å². The summed E-state index contributed by atoms with van der Waals surface area (Å²) < 4.78 is 10.5. The van der Waals surface area contributed by atoms with Crippen molar-refractivity contribution in [1.29, 1.82) is 0 Å². The molecule has 0 aliphatic rings. The van der Waals surface area contributed by atoms with Crippen molar-refractivity contribution in [2.75, 3.05) is 17.2 Å². The molecule has 0 bridgehead atoms. The number of rotatable bonds is 7. The molecule has 7 nitrogen and oxygen atoms in total. The van der Waals surface area contributed by atoms with Gasteiger partial charge in [-0.2, -0.15) is 0 Å². The van der Waals surface area contributed by atoms with E-state index in [9.17, 15) is 9.59 Å². The Morgan fingerprint density at radius 1 is 0.909 bits per heavy atom. The number of nitrogens with one attached hydrogen (secondary N) is 2. The Bertz CT molecular complexity index is 1250. The van der Waals surface area contributed by atoms with E-state index in [1.165, 1.54) is 0 Å². The van der Waals surface area contributed by atoms with Gasteiger partial charge in [0.15, 0.2) is 0 Å². The van der Waals surface area contributed by atoms with Gasteiger partial charge < -0.3 is 14.8 Å². The van der Waals surface area contributed by atoms with Crippen LogP contribution in [0.1, 0.15) is 19.4 Å². The lowest BCUT2D eigenvalue weighted by atomic mass is 10.1. The molecule has 4 rings (SSSR count). The van der Waals surface area contributed by atoms with E-state index in [0.29, 0.717) is 5.69 Å². The Hall–Kier alpha value is -4.13. The molecule has 1 amide bonds. The number of hydrogen-bond acceptors (Lipinski definition) is 6. The summed E-state index contributed by atoms with van der Waals surface area (Å²) in [6, 6.07) is 22.7. The van der Waals surface area contributed by atoms with E-state index in [4.69, 9.17) is 14.5 Å². The summed E-state index contributed by atoms with van der Waals surface area (Å²) in [4.78, 5) is 28.9. The van der Waals surface area contributed by atoms with Crippen molar-refractivity contribution in [1.82, 2.24) is 4.98 Å². The van der Waals surface area contributed by atoms with Crippen molar-refractivity contribution in [2.45, 2.75) is 26.6 Å². The van der Waals surface area contributed by atoms with Crippen LogP contribution >= 0.6 is 0 Å². The highest BCUT2D eigenvalue weighted by Crippen LogP contribution is 2.30. The lowest BCUT2D eigenvalue weighted by Crippen LogP contribution is -2.18. The average molecular weight is 444 g/mol. The van der Waals surface area contributed by atoms with Gasteiger partial charge in [0.25, 0.3) is 0 Å². The van der Waals surface area contributed by atoms with Crippen LogP contribution < -0.4 is 10.6 Å². The fourth-order valence-electron chi connectivity index (χ4n) is 3.51. The minimum absolute atomic E-state index is 0.0106. The maximum Gasteiger partial charge on any atom is 0.411 e. The van der Waals surface area contributed by atoms with Crippen LogP contribution in [0.4, 0.5) is 16.2 Å². The molecule has 3 aromatic carbocycles. The van der Waals surface area contributed by atoms with Crippen LogP contribution in [0.5, 0.6) is 0 Å². The van der Waals surface area contributed by atoms with E-state index in [0.717, 1.165) is 33.1 Å². The smallest absolute Gasteiger partial charge is 0.411 e. The van der Waals surface area contributed by atoms with Gasteiger partial charge in [-0.3, -0.25) is 10.1 Å². The molecule has 168 valence electrons. The minimum Gasteiger partial charge on any atom is -0.460 e. The summed E-state index contributed by atoms with van der Waals surface area (Å²) >= 11 is 0. The molecular weight excluding hydrogens is 418 g/mol. The first kappa shape index (κ1) is 22.1. The summed E-state index contributed by atoms with van der Waals surface area (Å²) in [5.41, 5.74) is 3.88. The Labute approximate surface area is 191 Å². The molecule has 0 saturated heterocycles. The van der Waals surface area contributed by atoms with Crippen molar-refractivity contribution in [3.8, 4) is 0 Å². The molecule has 0 unspecified atom stereocenters. The summed E-state index contributed by atoms with van der Waals surface area (Å²) in [5, 5.41) is 7.78. The number of aromatic nitrogens is 1. The van der Waals surface area contributed by atoms with Crippen molar-refractivity contribution < 1.29 is 19.1 Å². The number of nitrogens with zero attached hydrogens (tertiary/aromatic N) is 1. The zero-order valence-electron chi connectivity index (χ0n) is 18.5. The first-order valence-corrected chi connectivity index (χ1v) is 10.7. The number of carbonyl (C=O) groups is 2. The summed E-state index contributed by atoms with van der Waals surface area (Å²) in [7, 11) is 0. The van der Waals surface area contributed by atoms with Gasteiger partial charge in [0, 0.05) is 16.5 Å². The van der Waals surface area contributed by atoms with Crippen molar-refractivity contribution >= 4 is 45.2 Å². The number of hydrogen-bond donors (Lipinski definition) is 2. The molecule has 0 radical (unpaired) electrons. The molecule has 0 spiro atoms. The molecule has 0 saturated carbocycles. The molecule has 0 aliphatic heterocycles. The second kappa shape index (κ2) is 9.99. The number of carbonyl (C=O) groups excluding carboxylic acids is 2. The van der Waals surface area contributed by atoms with Gasteiger partial charge in [-0.05, 0) is 43.7 Å². The Morgan fingerprint density at radius 3 is 2.24 bits per heavy atom. The van der Waals surface area contributed by atoms with Gasteiger partial charge >= 0.3 is 12.1 Å². The van der Waals surface area contributed by atoms with Gasteiger partial charge in [-0.1, -0.05) is 48.5 Å². The second-order valence-corrected chi connectivity index (χ2v) is 7.81. The van der Waals surface area contributed by atoms with Crippen molar-refractivity contribution in [3.05, 3.63) is 78.4 Å². The molecule has 1 aromatic heterocycles. The normalized spacial score (nSPS) is 10.9. The predicted octanol–water partition coefficient (Wildman–Crippen LogP) is 5.50. The minimum atomic E-state index is -0.528. The SMILES string of the molecule is CC(C)OC(=O)Nc1cccc(COC(=O)CNc2c3ccccc3nc3ccccc23)c1. The predicted molar refractivity (Wildman–Crippen MR) is 129 cm³/mol. The van der Waals surface area contributed by atoms with Crippen LogP contribution in [0.3, 0.4) is 0 Å². The van der Waals surface area contributed by atoms with E-state index < -0.39 is 12.1 Å². The number of ether oxygens (including phenoxy) is 2. The van der Waals surface area contributed by atoms with Gasteiger partial charge in [-0.15, -0.1) is 0 Å². The highest BCUT2D eigenvalue weighted by atomic mass is 16.6. The lowest BCUT2D eigenvalue weighted by molar-refractivity contribution is -0.142. The number of para-hydroxylation sites is 2. The molecule has 2 N–H and O–H groups in total. The molecule has 0 fully saturated rings. The molecule has 0 aliphatic carbocycles. The Balaban J connectivity index is 1.40. The highest BCUT2D eigenvalue weighted by Gasteiger charge is 2.11. The summed E-state index contributed by atoms with van der Waals surface area (Å²) in [6.07, 6.45) is -0.739. The average Bonchev–Trinajstić information content (AvgIpc) is 2.80. The van der Waals surface area contributed by atoms with Crippen LogP contribution in [-0.4, -0.2) is 29.7 Å². The van der Waals surface area contributed by atoms with Gasteiger partial charge in [0.1, 0.15) is 13.2 Å². The van der Waals surface area contributed by atoms with Crippen molar-refractivity contribution in [2.24, 2.45) is 0 Å². The number of pyridine rings is 1. The number of anilines is 2. The molecule has 0 atom stereocenters. The molecule has 33 heavy (non-hydrogen) atoms. The number of fused-ring (bicyclic) bond motifs is 2. The van der Waals surface area contributed by atoms with Crippen LogP contribution in [0.2, 0.25) is 0 Å². The third-order valence-corrected chi connectivity index (χ3v) is 4.91. The topological polar surface area (TPSA) is 89.5 Å². The Morgan fingerprint density at radius 2 is 1.58 bits per heavy atom. The third kappa shape index (κ3) is 5.57. The summed E-state index contributed by atoms with van der Waals surface area (Å²) in [5.74, 6) is -0.391. The first-order valence-electron chi connectivity index (χ1n) is 10.7. The van der Waals surface area contributed by atoms with Crippen LogP contribution in [0.25, 0.3) is 21.8 Å². The van der Waals surface area contributed by atoms with Crippen molar-refractivity contribution in [3.63, 3.8) is 0 Å². The number of esters is 1. The van der Waals surface area contributed by atoms with Crippen LogP contribution in [0.15, 0.2) is 72.8 Å². The number of benzene rings is 3. The van der Waals surface area contributed by atoms with Gasteiger partial charge in [0.2, 0.25) is 0 Å². The molecule has 7 heteroatoms. The second-order valence-electron chi connectivity index (χ2n) is 7.81. The standard InChI is InChI=1S/C26H25N3O4/c1-17(2)33-26(31)28-19-9-7-8-18(14-19)16-32-24(30)15-27-25-20-10-3-5-12-22(20)29-23-13-6-4-11-21(23)25/h3-14,17H,15-16H2,1-2H3,(H,27,29)(H,28,31). The molecule has 4 aromatic rings. The maximum absolute atomic E-state index is 12.5. The van der Waals surface area contributed by atoms with Crippen LogP contribution in [0, 0.1) is 0 Å².